The first-order valence-electron chi connectivity index (χ1n) is 6.20. The highest BCUT2D eigenvalue weighted by Gasteiger charge is 2.16. The molecule has 1 aromatic heterocycles. The number of nitrogens with zero attached hydrogens (tertiary/aromatic N) is 2. The molecule has 0 unspecified atom stereocenters. The molecule has 0 amide bonds. The number of phenolic OH excluding ortho intramolecular Hbond substituents is 1. The first-order chi connectivity index (χ1) is 10.0. The van der Waals surface area contributed by atoms with Crippen LogP contribution < -0.4 is 4.74 Å². The van der Waals surface area contributed by atoms with E-state index in [0.29, 0.717) is 0 Å². The number of aromatic nitrogens is 2. The van der Waals surface area contributed by atoms with Crippen LogP contribution in [0.2, 0.25) is 0 Å². The lowest BCUT2D eigenvalue weighted by Gasteiger charge is -2.07. The van der Waals surface area contributed by atoms with Crippen LogP contribution in [0.4, 0.5) is 0 Å². The fourth-order valence-corrected chi connectivity index (χ4v) is 4.13. The van der Waals surface area contributed by atoms with Crippen molar-refractivity contribution < 1.29 is 9.84 Å². The molecule has 0 aliphatic heterocycles. The summed E-state index contributed by atoms with van der Waals surface area (Å²) in [5.41, 5.74) is 2.59. The van der Waals surface area contributed by atoms with Gasteiger partial charge < -0.3 is 14.4 Å². The molecule has 0 aliphatic carbocycles. The Balaban J connectivity index is 2.28. The summed E-state index contributed by atoms with van der Waals surface area (Å²) in [6, 6.07) is 9.66. The van der Waals surface area contributed by atoms with Crippen LogP contribution in [0.25, 0.3) is 22.4 Å². The van der Waals surface area contributed by atoms with Gasteiger partial charge in [0.1, 0.15) is 17.3 Å². The number of halogens is 2. The van der Waals surface area contributed by atoms with Gasteiger partial charge in [-0.3, -0.25) is 0 Å². The van der Waals surface area contributed by atoms with Gasteiger partial charge in [-0.1, -0.05) is 0 Å². The van der Waals surface area contributed by atoms with Gasteiger partial charge >= 0.3 is 0 Å². The summed E-state index contributed by atoms with van der Waals surface area (Å²) in [5, 5.41) is 10.3. The van der Waals surface area contributed by atoms with E-state index in [2.05, 4.69) is 50.2 Å². The fourth-order valence-electron chi connectivity index (χ4n) is 2.28. The molecule has 2 aromatic carbocycles. The van der Waals surface area contributed by atoms with Gasteiger partial charge in [0, 0.05) is 16.7 Å². The predicted octanol–water partition coefficient (Wildman–Crippen LogP) is 4.16. The van der Waals surface area contributed by atoms with Gasteiger partial charge in [0.2, 0.25) is 0 Å². The van der Waals surface area contributed by atoms with Gasteiger partial charge in [-0.15, -0.1) is 0 Å². The maximum Gasteiger partial charge on any atom is 0.144 e. The molecule has 0 saturated heterocycles. The molecule has 0 spiro atoms. The van der Waals surface area contributed by atoms with Crippen molar-refractivity contribution >= 4 is 56.2 Å². The monoisotopic (exact) mass is 506 g/mol. The Morgan fingerprint density at radius 2 is 1.95 bits per heavy atom. The summed E-state index contributed by atoms with van der Waals surface area (Å²) in [5.74, 6) is 1.78. The normalized spacial score (nSPS) is 11.0. The highest BCUT2D eigenvalue weighted by molar-refractivity contribution is 14.1. The van der Waals surface area contributed by atoms with Gasteiger partial charge in [0.05, 0.1) is 27.3 Å². The van der Waals surface area contributed by atoms with Gasteiger partial charge in [-0.05, 0) is 69.4 Å². The van der Waals surface area contributed by atoms with E-state index in [4.69, 9.17) is 4.74 Å². The third kappa shape index (κ3) is 2.59. The maximum absolute atomic E-state index is 10.3. The van der Waals surface area contributed by atoms with Gasteiger partial charge in [0.25, 0.3) is 0 Å². The Morgan fingerprint density at radius 1 is 1.19 bits per heavy atom. The van der Waals surface area contributed by atoms with Crippen molar-refractivity contribution in [3.63, 3.8) is 0 Å². The summed E-state index contributed by atoms with van der Waals surface area (Å²) in [6.07, 6.45) is 0. The van der Waals surface area contributed by atoms with Crippen LogP contribution in [0.1, 0.15) is 0 Å². The minimum Gasteiger partial charge on any atom is -0.506 e. The largest absolute Gasteiger partial charge is 0.506 e. The minimum absolute atomic E-state index is 0.265. The zero-order valence-electron chi connectivity index (χ0n) is 11.4. The molecule has 1 heterocycles. The SMILES string of the molecule is COc1ccc2c(c1)nc(-c1cc(I)cc(I)c1O)n2C. The van der Waals surface area contributed by atoms with Crippen molar-refractivity contribution in [1.29, 1.82) is 0 Å². The van der Waals surface area contributed by atoms with E-state index in [0.717, 1.165) is 35.3 Å². The second kappa shape index (κ2) is 5.64. The fraction of sp³-hybridized carbons (Fsp3) is 0.133. The van der Waals surface area contributed by atoms with Crippen LogP contribution in [-0.2, 0) is 7.05 Å². The van der Waals surface area contributed by atoms with Gasteiger partial charge in [0.15, 0.2) is 0 Å². The number of phenols is 1. The number of hydrogen-bond acceptors (Lipinski definition) is 3. The molecule has 21 heavy (non-hydrogen) atoms. The number of aryl methyl sites for hydroxylation is 1. The van der Waals surface area contributed by atoms with Crippen LogP contribution in [0.15, 0.2) is 30.3 Å². The zero-order valence-corrected chi connectivity index (χ0v) is 15.7. The Morgan fingerprint density at radius 3 is 2.67 bits per heavy atom. The van der Waals surface area contributed by atoms with Crippen molar-refractivity contribution in [3.05, 3.63) is 37.5 Å². The van der Waals surface area contributed by atoms with Crippen molar-refractivity contribution in [3.8, 4) is 22.9 Å². The second-order valence-electron chi connectivity index (χ2n) is 4.63. The highest BCUT2D eigenvalue weighted by Crippen LogP contribution is 2.36. The van der Waals surface area contributed by atoms with E-state index in [1.807, 2.05) is 41.9 Å². The predicted molar refractivity (Wildman–Crippen MR) is 99.8 cm³/mol. The molecule has 0 fully saturated rings. The summed E-state index contributed by atoms with van der Waals surface area (Å²) < 4.78 is 9.10. The van der Waals surface area contributed by atoms with Gasteiger partial charge in [-0.25, -0.2) is 4.98 Å². The average molecular weight is 506 g/mol. The molecular formula is C15H12I2N2O2. The van der Waals surface area contributed by atoms with Crippen LogP contribution in [0, 0.1) is 7.14 Å². The topological polar surface area (TPSA) is 47.3 Å². The highest BCUT2D eigenvalue weighted by atomic mass is 127. The molecule has 0 saturated carbocycles. The first-order valence-corrected chi connectivity index (χ1v) is 8.36. The van der Waals surface area contributed by atoms with E-state index in [1.54, 1.807) is 7.11 Å². The molecule has 4 nitrogen and oxygen atoms in total. The average Bonchev–Trinajstić information content (AvgIpc) is 2.79. The van der Waals surface area contributed by atoms with Crippen LogP contribution in [0.5, 0.6) is 11.5 Å². The molecule has 0 atom stereocenters. The minimum atomic E-state index is 0.265. The third-order valence-electron chi connectivity index (χ3n) is 3.36. The van der Waals surface area contributed by atoms with Gasteiger partial charge in [-0.2, -0.15) is 0 Å². The Bertz CT molecular complexity index is 843. The van der Waals surface area contributed by atoms with Crippen LogP contribution in [0.3, 0.4) is 0 Å². The number of fused-ring (bicyclic) bond motifs is 1. The number of rotatable bonds is 2. The quantitative estimate of drug-likeness (QED) is 0.532. The molecule has 6 heteroatoms. The molecule has 1 N–H and O–H groups in total. The van der Waals surface area contributed by atoms with E-state index >= 15 is 0 Å². The zero-order chi connectivity index (χ0) is 15.1. The van der Waals surface area contributed by atoms with E-state index < -0.39 is 0 Å². The Kier molecular flexibility index (Phi) is 4.00. The van der Waals surface area contributed by atoms with Crippen LogP contribution >= 0.6 is 45.2 Å². The summed E-state index contributed by atoms with van der Waals surface area (Å²) in [4.78, 5) is 4.65. The Labute approximate surface area is 149 Å². The van der Waals surface area contributed by atoms with Crippen molar-refractivity contribution in [2.45, 2.75) is 0 Å². The third-order valence-corrected chi connectivity index (χ3v) is 4.80. The van der Waals surface area contributed by atoms with Crippen molar-refractivity contribution in [1.82, 2.24) is 9.55 Å². The van der Waals surface area contributed by atoms with Crippen molar-refractivity contribution in [2.24, 2.45) is 7.05 Å². The summed E-state index contributed by atoms with van der Waals surface area (Å²) in [7, 11) is 3.59. The number of benzene rings is 2. The number of hydrogen-bond donors (Lipinski definition) is 1. The second-order valence-corrected chi connectivity index (χ2v) is 7.04. The first kappa shape index (κ1) is 14.9. The molecular weight excluding hydrogens is 494 g/mol. The maximum atomic E-state index is 10.3. The van der Waals surface area contributed by atoms with Crippen molar-refractivity contribution in [2.75, 3.05) is 7.11 Å². The van der Waals surface area contributed by atoms with E-state index in [1.165, 1.54) is 0 Å². The molecule has 3 aromatic rings. The van der Waals surface area contributed by atoms with Crippen LogP contribution in [-0.4, -0.2) is 21.8 Å². The molecule has 0 aliphatic rings. The summed E-state index contributed by atoms with van der Waals surface area (Å²) >= 11 is 4.38. The Hall–Kier alpha value is -1.03. The summed E-state index contributed by atoms with van der Waals surface area (Å²) in [6.45, 7) is 0. The lowest BCUT2D eigenvalue weighted by Crippen LogP contribution is -1.94. The van der Waals surface area contributed by atoms with E-state index in [9.17, 15) is 5.11 Å². The smallest absolute Gasteiger partial charge is 0.144 e. The number of ether oxygens (including phenoxy) is 1. The number of aromatic hydroxyl groups is 1. The van der Waals surface area contributed by atoms with E-state index in [-0.39, 0.29) is 5.75 Å². The molecule has 3 rings (SSSR count). The molecule has 0 radical (unpaired) electrons. The lowest BCUT2D eigenvalue weighted by atomic mass is 10.2. The lowest BCUT2D eigenvalue weighted by molar-refractivity contribution is 0.415. The number of methoxy groups -OCH3 is 1. The standard InChI is InChI=1S/C15H12I2N2O2/c1-19-13-4-3-9(21-2)7-12(13)18-15(19)10-5-8(16)6-11(17)14(10)20/h3-7,20H,1-2H3. The molecule has 108 valence electrons. The number of imidazole rings is 1. The molecule has 0 bridgehead atoms.